The second-order valence-corrected chi connectivity index (χ2v) is 5.49. The van der Waals surface area contributed by atoms with Crippen LogP contribution < -0.4 is 0 Å². The molecule has 0 N–H and O–H groups in total. The summed E-state index contributed by atoms with van der Waals surface area (Å²) in [5, 5.41) is 0. The van der Waals surface area contributed by atoms with E-state index in [9.17, 15) is 0 Å². The number of thioether (sulfide) groups is 2. The van der Waals surface area contributed by atoms with Crippen molar-refractivity contribution in [3.05, 3.63) is 0 Å². The van der Waals surface area contributed by atoms with Crippen LogP contribution in [0.4, 0.5) is 0 Å². The van der Waals surface area contributed by atoms with Crippen LogP contribution >= 0.6 is 23.5 Å². The number of hydrogen-bond donors (Lipinski definition) is 0. The Labute approximate surface area is 66.2 Å². The van der Waals surface area contributed by atoms with Crippen molar-refractivity contribution in [1.29, 1.82) is 0 Å². The molecule has 0 radical (unpaired) electrons. The molecule has 1 aliphatic heterocycles. The molecule has 1 unspecified atom stereocenters. The molecule has 1 rings (SSSR count). The molecular formula is C7H14S2. The molecule has 1 fully saturated rings. The van der Waals surface area contributed by atoms with E-state index < -0.39 is 0 Å². The van der Waals surface area contributed by atoms with Crippen molar-refractivity contribution in [2.75, 3.05) is 17.3 Å². The molecule has 9 heavy (non-hydrogen) atoms. The first kappa shape index (κ1) is 7.80. The summed E-state index contributed by atoms with van der Waals surface area (Å²) >= 11 is 4.25. The highest BCUT2D eigenvalue weighted by Gasteiger charge is 2.25. The van der Waals surface area contributed by atoms with Crippen molar-refractivity contribution in [2.45, 2.75) is 25.0 Å². The third-order valence-electron chi connectivity index (χ3n) is 1.83. The Bertz CT molecular complexity index is 84.9. The lowest BCUT2D eigenvalue weighted by Gasteiger charge is -2.31. The topological polar surface area (TPSA) is 0 Å². The van der Waals surface area contributed by atoms with Crippen LogP contribution in [-0.2, 0) is 0 Å². The quantitative estimate of drug-likeness (QED) is 0.581. The summed E-state index contributed by atoms with van der Waals surface area (Å²) in [4.78, 5) is 0. The summed E-state index contributed by atoms with van der Waals surface area (Å²) in [6, 6.07) is 0. The van der Waals surface area contributed by atoms with E-state index in [1.165, 1.54) is 23.7 Å². The Morgan fingerprint density at radius 3 is 2.56 bits per heavy atom. The molecule has 1 saturated heterocycles. The van der Waals surface area contributed by atoms with Gasteiger partial charge in [-0.25, -0.2) is 0 Å². The molecule has 0 saturated carbocycles. The average molecular weight is 162 g/mol. The second-order valence-electron chi connectivity index (χ2n) is 2.70. The Kier molecular flexibility index (Phi) is 2.77. The lowest BCUT2D eigenvalue weighted by molar-refractivity contribution is 0.692. The molecule has 54 valence electrons. The van der Waals surface area contributed by atoms with Crippen LogP contribution in [0.15, 0.2) is 0 Å². The van der Waals surface area contributed by atoms with Gasteiger partial charge in [0.1, 0.15) is 0 Å². The van der Waals surface area contributed by atoms with Crippen LogP contribution in [0, 0.1) is 0 Å². The molecule has 0 aromatic heterocycles. The first-order valence-corrected chi connectivity index (χ1v) is 5.62. The van der Waals surface area contributed by atoms with Crippen molar-refractivity contribution in [1.82, 2.24) is 0 Å². The average Bonchev–Trinajstić information content (AvgIpc) is 1.90. The molecule has 1 atom stereocenters. The second kappa shape index (κ2) is 3.20. The summed E-state index contributed by atoms with van der Waals surface area (Å²) in [5.41, 5.74) is 0. The maximum atomic E-state index is 2.38. The summed E-state index contributed by atoms with van der Waals surface area (Å²) < 4.78 is 0.600. The van der Waals surface area contributed by atoms with Crippen LogP contribution in [-0.4, -0.2) is 22.0 Å². The van der Waals surface area contributed by atoms with Crippen molar-refractivity contribution in [3.63, 3.8) is 0 Å². The number of rotatable bonds is 1. The van der Waals surface area contributed by atoms with E-state index >= 15 is 0 Å². The molecule has 0 aliphatic carbocycles. The Morgan fingerprint density at radius 1 is 1.44 bits per heavy atom. The molecule has 0 aromatic rings. The predicted octanol–water partition coefficient (Wildman–Crippen LogP) is 2.64. The maximum absolute atomic E-state index is 2.38. The zero-order chi connectivity index (χ0) is 6.74. The fourth-order valence-corrected chi connectivity index (χ4v) is 3.75. The molecule has 1 heterocycles. The Balaban J connectivity index is 2.37. The van der Waals surface area contributed by atoms with E-state index in [0.29, 0.717) is 4.75 Å². The van der Waals surface area contributed by atoms with Gasteiger partial charge in [0.05, 0.1) is 0 Å². The van der Waals surface area contributed by atoms with E-state index in [2.05, 4.69) is 37.4 Å². The van der Waals surface area contributed by atoms with Gasteiger partial charge in [-0.3, -0.25) is 0 Å². The minimum atomic E-state index is 0.600. The molecule has 1 aliphatic rings. The van der Waals surface area contributed by atoms with Gasteiger partial charge in [-0.2, -0.15) is 23.5 Å². The molecule has 0 bridgehead atoms. The fraction of sp³-hybridized carbons (Fsp3) is 1.00. The highest BCUT2D eigenvalue weighted by atomic mass is 32.2. The summed E-state index contributed by atoms with van der Waals surface area (Å²) in [6.45, 7) is 4.67. The van der Waals surface area contributed by atoms with Gasteiger partial charge >= 0.3 is 0 Å². The first-order valence-electron chi connectivity index (χ1n) is 3.48. The van der Waals surface area contributed by atoms with Crippen LogP contribution in [0.3, 0.4) is 0 Å². The minimum Gasteiger partial charge on any atom is -0.160 e. The SMILES string of the molecule is CCC1(C)CSCCS1. The zero-order valence-electron chi connectivity index (χ0n) is 6.14. The normalized spacial score (nSPS) is 36.7. The van der Waals surface area contributed by atoms with Crippen LogP contribution in [0.2, 0.25) is 0 Å². The first-order chi connectivity index (χ1) is 4.27. The van der Waals surface area contributed by atoms with Gasteiger partial charge in [-0.05, 0) is 13.3 Å². The molecule has 2 heteroatoms. The van der Waals surface area contributed by atoms with Gasteiger partial charge in [0.25, 0.3) is 0 Å². The van der Waals surface area contributed by atoms with E-state index in [-0.39, 0.29) is 0 Å². The van der Waals surface area contributed by atoms with E-state index in [1.807, 2.05) is 0 Å². The van der Waals surface area contributed by atoms with Crippen LogP contribution in [0.1, 0.15) is 20.3 Å². The smallest absolute Gasteiger partial charge is 0.0219 e. The van der Waals surface area contributed by atoms with E-state index in [1.54, 1.807) is 0 Å². The standard InChI is InChI=1S/C7H14S2/c1-3-7(2)6-8-4-5-9-7/h3-6H2,1-2H3. The molecule has 0 amide bonds. The van der Waals surface area contributed by atoms with Crippen LogP contribution in [0.25, 0.3) is 0 Å². The van der Waals surface area contributed by atoms with Crippen molar-refractivity contribution in [2.24, 2.45) is 0 Å². The third kappa shape index (κ3) is 2.08. The van der Waals surface area contributed by atoms with Crippen LogP contribution in [0.5, 0.6) is 0 Å². The number of hydrogen-bond acceptors (Lipinski definition) is 2. The van der Waals surface area contributed by atoms with Crippen molar-refractivity contribution < 1.29 is 0 Å². The fourth-order valence-electron chi connectivity index (χ4n) is 0.881. The molecule has 0 aromatic carbocycles. The van der Waals surface area contributed by atoms with Gasteiger partial charge in [-0.1, -0.05) is 6.92 Å². The lowest BCUT2D eigenvalue weighted by atomic mass is 10.1. The Hall–Kier alpha value is 0.700. The largest absolute Gasteiger partial charge is 0.160 e. The molecule has 0 nitrogen and oxygen atoms in total. The summed E-state index contributed by atoms with van der Waals surface area (Å²) in [5.74, 6) is 4.07. The van der Waals surface area contributed by atoms with Crippen molar-refractivity contribution >= 4 is 23.5 Å². The summed E-state index contributed by atoms with van der Waals surface area (Å²) in [7, 11) is 0. The van der Waals surface area contributed by atoms with Gasteiger partial charge in [0.15, 0.2) is 0 Å². The maximum Gasteiger partial charge on any atom is 0.0219 e. The monoisotopic (exact) mass is 162 g/mol. The summed E-state index contributed by atoms with van der Waals surface area (Å²) in [6.07, 6.45) is 1.32. The van der Waals surface area contributed by atoms with E-state index in [0.717, 1.165) is 0 Å². The van der Waals surface area contributed by atoms with Gasteiger partial charge < -0.3 is 0 Å². The van der Waals surface area contributed by atoms with Gasteiger partial charge in [0, 0.05) is 22.0 Å². The lowest BCUT2D eigenvalue weighted by Crippen LogP contribution is -2.26. The van der Waals surface area contributed by atoms with Gasteiger partial charge in [-0.15, -0.1) is 0 Å². The molecule has 0 spiro atoms. The predicted molar refractivity (Wildman–Crippen MR) is 48.5 cm³/mol. The van der Waals surface area contributed by atoms with E-state index in [4.69, 9.17) is 0 Å². The highest BCUT2D eigenvalue weighted by Crippen LogP contribution is 2.36. The van der Waals surface area contributed by atoms with Crippen molar-refractivity contribution in [3.8, 4) is 0 Å². The zero-order valence-corrected chi connectivity index (χ0v) is 7.78. The molecular weight excluding hydrogens is 148 g/mol. The highest BCUT2D eigenvalue weighted by molar-refractivity contribution is 8.07. The Morgan fingerprint density at radius 2 is 2.22 bits per heavy atom. The third-order valence-corrected chi connectivity index (χ3v) is 5.15. The van der Waals surface area contributed by atoms with Gasteiger partial charge in [0.2, 0.25) is 0 Å². The minimum absolute atomic E-state index is 0.600.